The molecule has 0 amide bonds. The largest absolute Gasteiger partial charge is 0.392 e. The van der Waals surface area contributed by atoms with Gasteiger partial charge in [0.2, 0.25) is 0 Å². The quantitative estimate of drug-likeness (QED) is 0.672. The maximum absolute atomic E-state index is 9.12. The lowest BCUT2D eigenvalue weighted by Gasteiger charge is -2.15. The van der Waals surface area contributed by atoms with E-state index in [1.807, 2.05) is 0 Å². The molecule has 5 nitrogen and oxygen atoms in total. The molecule has 1 heterocycles. The number of aromatic nitrogens is 2. The number of nitrogens with two attached hydrogens (primary N) is 1. The van der Waals surface area contributed by atoms with Crippen molar-refractivity contribution in [2.45, 2.75) is 19.1 Å². The van der Waals surface area contributed by atoms with Gasteiger partial charge >= 0.3 is 0 Å². The minimum absolute atomic E-state index is 0.326. The summed E-state index contributed by atoms with van der Waals surface area (Å²) in [4.78, 5) is 0. The van der Waals surface area contributed by atoms with E-state index in [-0.39, 0.29) is 6.04 Å². The van der Waals surface area contributed by atoms with Crippen molar-refractivity contribution in [2.75, 3.05) is 11.9 Å². The molecule has 0 saturated carbocycles. The molecule has 0 fully saturated rings. The summed E-state index contributed by atoms with van der Waals surface area (Å²) in [7, 11) is 0. The van der Waals surface area contributed by atoms with Crippen LogP contribution >= 0.6 is 11.6 Å². The van der Waals surface area contributed by atoms with Crippen LogP contribution in [0.2, 0.25) is 5.15 Å². The molecule has 0 saturated heterocycles. The number of halogens is 1. The standard InChI is InChI=1S/C8H13ClN4O/c1-5(14)6(10)4-11-8-3-2-7(9)12-13-8/h2-3,5-6,14H,4,10H2,1H3,(H,11,13). The highest BCUT2D eigenvalue weighted by Gasteiger charge is 2.08. The monoisotopic (exact) mass is 216 g/mol. The highest BCUT2D eigenvalue weighted by molar-refractivity contribution is 6.29. The molecule has 1 aromatic heterocycles. The van der Waals surface area contributed by atoms with Crippen LogP contribution < -0.4 is 11.1 Å². The Balaban J connectivity index is 2.42. The third-order valence-electron chi connectivity index (χ3n) is 1.77. The second kappa shape index (κ2) is 5.09. The summed E-state index contributed by atoms with van der Waals surface area (Å²) in [5.74, 6) is 0.588. The first kappa shape index (κ1) is 11.2. The van der Waals surface area contributed by atoms with E-state index in [1.54, 1.807) is 19.1 Å². The van der Waals surface area contributed by atoms with Crippen molar-refractivity contribution in [3.8, 4) is 0 Å². The number of aliphatic hydroxyl groups is 1. The van der Waals surface area contributed by atoms with Crippen LogP contribution in [0, 0.1) is 0 Å². The minimum atomic E-state index is -0.553. The molecule has 0 radical (unpaired) electrons. The van der Waals surface area contributed by atoms with Gasteiger partial charge in [0.25, 0.3) is 0 Å². The molecular weight excluding hydrogens is 204 g/mol. The van der Waals surface area contributed by atoms with Crippen molar-refractivity contribution in [1.82, 2.24) is 10.2 Å². The van der Waals surface area contributed by atoms with Gasteiger partial charge in [0, 0.05) is 12.6 Å². The second-order valence-electron chi connectivity index (χ2n) is 3.03. The number of anilines is 1. The molecule has 0 spiro atoms. The second-order valence-corrected chi connectivity index (χ2v) is 3.41. The lowest BCUT2D eigenvalue weighted by Crippen LogP contribution is -2.38. The summed E-state index contributed by atoms with van der Waals surface area (Å²) < 4.78 is 0. The average Bonchev–Trinajstić information content (AvgIpc) is 2.16. The SMILES string of the molecule is CC(O)C(N)CNc1ccc(Cl)nn1. The fourth-order valence-electron chi connectivity index (χ4n) is 0.803. The molecule has 0 bridgehead atoms. The average molecular weight is 217 g/mol. The Morgan fingerprint density at radius 3 is 2.79 bits per heavy atom. The van der Waals surface area contributed by atoms with Crippen LogP contribution in [0.1, 0.15) is 6.92 Å². The fourth-order valence-corrected chi connectivity index (χ4v) is 0.904. The lowest BCUT2D eigenvalue weighted by atomic mass is 10.2. The smallest absolute Gasteiger partial charge is 0.151 e. The van der Waals surface area contributed by atoms with E-state index in [9.17, 15) is 0 Å². The number of hydrogen-bond donors (Lipinski definition) is 3. The first-order valence-electron chi connectivity index (χ1n) is 4.26. The van der Waals surface area contributed by atoms with Crippen molar-refractivity contribution in [3.05, 3.63) is 17.3 Å². The number of hydrogen-bond acceptors (Lipinski definition) is 5. The van der Waals surface area contributed by atoms with Gasteiger partial charge in [-0.1, -0.05) is 11.6 Å². The van der Waals surface area contributed by atoms with Crippen molar-refractivity contribution in [3.63, 3.8) is 0 Å². The first-order chi connectivity index (χ1) is 6.59. The molecule has 0 aliphatic rings. The van der Waals surface area contributed by atoms with Gasteiger partial charge in [-0.3, -0.25) is 0 Å². The summed E-state index contributed by atoms with van der Waals surface area (Å²) in [5.41, 5.74) is 5.61. The van der Waals surface area contributed by atoms with Gasteiger partial charge in [0.05, 0.1) is 6.10 Å². The van der Waals surface area contributed by atoms with E-state index in [0.29, 0.717) is 17.5 Å². The summed E-state index contributed by atoms with van der Waals surface area (Å²) >= 11 is 5.56. The maximum atomic E-state index is 9.12. The van der Waals surface area contributed by atoms with Crippen LogP contribution in [0.15, 0.2) is 12.1 Å². The Bertz CT molecular complexity index is 277. The Morgan fingerprint density at radius 2 is 2.29 bits per heavy atom. The Morgan fingerprint density at radius 1 is 1.57 bits per heavy atom. The van der Waals surface area contributed by atoms with Gasteiger partial charge in [-0.05, 0) is 19.1 Å². The van der Waals surface area contributed by atoms with E-state index in [0.717, 1.165) is 0 Å². The molecular formula is C8H13ClN4O. The van der Waals surface area contributed by atoms with Gasteiger partial charge in [-0.15, -0.1) is 10.2 Å². The summed E-state index contributed by atoms with van der Waals surface area (Å²) in [6.45, 7) is 2.08. The predicted octanol–water partition coefficient (Wildman–Crippen LogP) is 0.250. The molecule has 2 atom stereocenters. The number of aliphatic hydroxyl groups excluding tert-OH is 1. The van der Waals surface area contributed by atoms with Crippen molar-refractivity contribution in [1.29, 1.82) is 0 Å². The molecule has 1 aromatic rings. The van der Waals surface area contributed by atoms with Gasteiger partial charge < -0.3 is 16.2 Å². The van der Waals surface area contributed by atoms with Gasteiger partial charge in [-0.2, -0.15) is 0 Å². The lowest BCUT2D eigenvalue weighted by molar-refractivity contribution is 0.168. The number of nitrogens with one attached hydrogen (secondary N) is 1. The van der Waals surface area contributed by atoms with Crippen LogP contribution in [0.5, 0.6) is 0 Å². The Labute approximate surface area is 87.3 Å². The highest BCUT2D eigenvalue weighted by Crippen LogP contribution is 2.05. The number of nitrogens with zero attached hydrogens (tertiary/aromatic N) is 2. The van der Waals surface area contributed by atoms with Gasteiger partial charge in [0.1, 0.15) is 5.82 Å². The maximum Gasteiger partial charge on any atom is 0.151 e. The van der Waals surface area contributed by atoms with Crippen LogP contribution in [0.25, 0.3) is 0 Å². The molecule has 0 aliphatic heterocycles. The third kappa shape index (κ3) is 3.45. The molecule has 1 rings (SSSR count). The van der Waals surface area contributed by atoms with E-state index in [2.05, 4.69) is 15.5 Å². The van der Waals surface area contributed by atoms with Crippen molar-refractivity contribution >= 4 is 17.4 Å². The number of rotatable bonds is 4. The summed E-state index contributed by atoms with van der Waals surface area (Å²) in [6.07, 6.45) is -0.553. The van der Waals surface area contributed by atoms with Crippen LogP contribution in [0.4, 0.5) is 5.82 Å². The third-order valence-corrected chi connectivity index (χ3v) is 1.97. The highest BCUT2D eigenvalue weighted by atomic mass is 35.5. The zero-order chi connectivity index (χ0) is 10.6. The molecule has 0 aliphatic carbocycles. The van der Waals surface area contributed by atoms with E-state index >= 15 is 0 Å². The zero-order valence-corrected chi connectivity index (χ0v) is 8.57. The first-order valence-corrected chi connectivity index (χ1v) is 4.64. The van der Waals surface area contributed by atoms with Gasteiger partial charge in [0.15, 0.2) is 5.15 Å². The van der Waals surface area contributed by atoms with Crippen LogP contribution in [0.3, 0.4) is 0 Å². The van der Waals surface area contributed by atoms with Gasteiger partial charge in [-0.25, -0.2) is 0 Å². The molecule has 2 unspecified atom stereocenters. The molecule has 14 heavy (non-hydrogen) atoms. The zero-order valence-electron chi connectivity index (χ0n) is 7.81. The topological polar surface area (TPSA) is 84.1 Å². The normalized spacial score (nSPS) is 14.9. The summed E-state index contributed by atoms with van der Waals surface area (Å²) in [6, 6.07) is 3.00. The van der Waals surface area contributed by atoms with E-state index in [4.69, 9.17) is 22.4 Å². The van der Waals surface area contributed by atoms with Crippen molar-refractivity contribution in [2.24, 2.45) is 5.73 Å². The fraction of sp³-hybridized carbons (Fsp3) is 0.500. The Kier molecular flexibility index (Phi) is 4.06. The van der Waals surface area contributed by atoms with Crippen molar-refractivity contribution < 1.29 is 5.11 Å². The summed E-state index contributed by atoms with van der Waals surface area (Å²) in [5, 5.41) is 19.8. The van der Waals surface area contributed by atoms with E-state index < -0.39 is 6.10 Å². The molecule has 6 heteroatoms. The molecule has 4 N–H and O–H groups in total. The molecule has 78 valence electrons. The predicted molar refractivity (Wildman–Crippen MR) is 55.2 cm³/mol. The Hall–Kier alpha value is -0.910. The van der Waals surface area contributed by atoms with Crippen LogP contribution in [-0.4, -0.2) is 34.0 Å². The minimum Gasteiger partial charge on any atom is -0.392 e. The molecule has 0 aromatic carbocycles. The van der Waals surface area contributed by atoms with Crippen LogP contribution in [-0.2, 0) is 0 Å². The van der Waals surface area contributed by atoms with E-state index in [1.165, 1.54) is 0 Å².